The van der Waals surface area contributed by atoms with Crippen LogP contribution in [0.4, 0.5) is 0 Å². The molecule has 0 amide bonds. The molecule has 0 radical (unpaired) electrons. The van der Waals surface area contributed by atoms with Crippen LogP contribution in [-0.4, -0.2) is 5.60 Å². The van der Waals surface area contributed by atoms with E-state index in [0.29, 0.717) is 0 Å². The van der Waals surface area contributed by atoms with E-state index in [9.17, 15) is 0 Å². The van der Waals surface area contributed by atoms with Gasteiger partial charge in [-0.1, -0.05) is 69.0 Å². The van der Waals surface area contributed by atoms with Gasteiger partial charge in [-0.3, -0.25) is 0 Å². The number of ether oxygens (including phenoxy) is 1. The number of hydrogen-bond donors (Lipinski definition) is 0. The van der Waals surface area contributed by atoms with Gasteiger partial charge < -0.3 is 4.74 Å². The van der Waals surface area contributed by atoms with Gasteiger partial charge in [0.05, 0.1) is 0 Å². The van der Waals surface area contributed by atoms with E-state index in [2.05, 4.69) is 75.9 Å². The van der Waals surface area contributed by atoms with Gasteiger partial charge in [0.15, 0.2) is 0 Å². The lowest BCUT2D eigenvalue weighted by Gasteiger charge is -2.30. The maximum atomic E-state index is 6.44. The Balaban J connectivity index is 2.56. The van der Waals surface area contributed by atoms with Crippen LogP contribution in [0.1, 0.15) is 46.1 Å². The molecule has 126 valence electrons. The molecule has 0 fully saturated rings. The summed E-state index contributed by atoms with van der Waals surface area (Å²) in [7, 11) is 0. The van der Waals surface area contributed by atoms with Crippen molar-refractivity contribution in [2.24, 2.45) is 0 Å². The van der Waals surface area contributed by atoms with Crippen LogP contribution in [0.5, 0.6) is 5.75 Å². The highest BCUT2D eigenvalue weighted by atomic mass is 16.5. The molecule has 2 aromatic rings. The molecule has 0 unspecified atom stereocenters. The monoisotopic (exact) mass is 320 g/mol. The number of allylic oxidation sites excluding steroid dienone is 3. The van der Waals surface area contributed by atoms with Gasteiger partial charge in [0.1, 0.15) is 11.4 Å². The molecule has 0 aliphatic rings. The van der Waals surface area contributed by atoms with Gasteiger partial charge >= 0.3 is 0 Å². The molecule has 1 nitrogen and oxygen atoms in total. The van der Waals surface area contributed by atoms with Crippen molar-refractivity contribution in [3.63, 3.8) is 0 Å². The molecule has 1 heteroatoms. The normalized spacial score (nSPS) is 12.1. The zero-order chi connectivity index (χ0) is 17.6. The molecule has 0 N–H and O–H groups in total. The first-order valence-electron chi connectivity index (χ1n) is 8.74. The van der Waals surface area contributed by atoms with Crippen LogP contribution in [0, 0.1) is 0 Å². The van der Waals surface area contributed by atoms with Crippen molar-refractivity contribution in [2.45, 2.75) is 46.1 Å². The average molecular weight is 320 g/mol. The summed E-state index contributed by atoms with van der Waals surface area (Å²) in [5, 5.41) is 0. The summed E-state index contributed by atoms with van der Waals surface area (Å²) < 4.78 is 6.44. The second kappa shape index (κ2) is 8.01. The lowest BCUT2D eigenvalue weighted by molar-refractivity contribution is 0.0810. The van der Waals surface area contributed by atoms with Crippen LogP contribution in [0.3, 0.4) is 0 Å². The molecule has 0 aromatic heterocycles. The molecule has 0 saturated carbocycles. The van der Waals surface area contributed by atoms with Crippen LogP contribution < -0.4 is 4.74 Å². The second-order valence-corrected chi connectivity index (χ2v) is 6.28. The van der Waals surface area contributed by atoms with Crippen molar-refractivity contribution < 1.29 is 4.74 Å². The Labute approximate surface area is 146 Å². The second-order valence-electron chi connectivity index (χ2n) is 6.28. The number of rotatable bonds is 7. The predicted octanol–water partition coefficient (Wildman–Crippen LogP) is 6.90. The molecule has 24 heavy (non-hydrogen) atoms. The standard InChI is InChI=1S/C23H28O/c1-6-18(7-2)20-15-16-22(24-23(5,8-3)9-4)21(17-20)19-13-11-10-12-14-19/h6-7,10-17H,1,8-9H2,2-5H3/b18-7+. The minimum absolute atomic E-state index is 0.146. The first kappa shape index (κ1) is 18.1. The average Bonchev–Trinajstić information content (AvgIpc) is 2.64. The zero-order valence-corrected chi connectivity index (χ0v) is 15.3. The van der Waals surface area contributed by atoms with Gasteiger partial charge in [-0.05, 0) is 55.5 Å². The van der Waals surface area contributed by atoms with Crippen LogP contribution >= 0.6 is 0 Å². The molecule has 0 spiro atoms. The third kappa shape index (κ3) is 3.97. The first-order valence-corrected chi connectivity index (χ1v) is 8.74. The fraction of sp³-hybridized carbons (Fsp3) is 0.304. The van der Waals surface area contributed by atoms with Crippen molar-refractivity contribution in [3.8, 4) is 16.9 Å². The van der Waals surface area contributed by atoms with Crippen molar-refractivity contribution in [2.75, 3.05) is 0 Å². The highest BCUT2D eigenvalue weighted by Gasteiger charge is 2.23. The van der Waals surface area contributed by atoms with Gasteiger partial charge in [0.2, 0.25) is 0 Å². The quantitative estimate of drug-likeness (QED) is 0.504. The van der Waals surface area contributed by atoms with E-state index in [1.807, 2.05) is 19.1 Å². The number of hydrogen-bond acceptors (Lipinski definition) is 1. The molecule has 0 aliphatic heterocycles. The van der Waals surface area contributed by atoms with E-state index in [4.69, 9.17) is 4.74 Å². The SMILES string of the molecule is C=C/C(=C\C)c1ccc(OC(C)(CC)CC)c(-c2ccccc2)c1. The van der Waals surface area contributed by atoms with E-state index >= 15 is 0 Å². The summed E-state index contributed by atoms with van der Waals surface area (Å²) in [5.41, 5.74) is 4.44. The highest BCUT2D eigenvalue weighted by Crippen LogP contribution is 2.36. The van der Waals surface area contributed by atoms with E-state index in [-0.39, 0.29) is 5.60 Å². The summed E-state index contributed by atoms with van der Waals surface area (Å²) >= 11 is 0. The molecule has 0 atom stereocenters. The van der Waals surface area contributed by atoms with Crippen LogP contribution in [0.2, 0.25) is 0 Å². The Morgan fingerprint density at radius 2 is 1.75 bits per heavy atom. The molecule has 0 aliphatic carbocycles. The molecule has 0 heterocycles. The van der Waals surface area contributed by atoms with E-state index in [0.717, 1.165) is 35.3 Å². The predicted molar refractivity (Wildman–Crippen MR) is 105 cm³/mol. The smallest absolute Gasteiger partial charge is 0.127 e. The Kier molecular flexibility index (Phi) is 6.03. The van der Waals surface area contributed by atoms with Crippen LogP contribution in [0.15, 0.2) is 67.3 Å². The fourth-order valence-electron chi connectivity index (χ4n) is 2.70. The van der Waals surface area contributed by atoms with Crippen molar-refractivity contribution >= 4 is 5.57 Å². The summed E-state index contributed by atoms with van der Waals surface area (Å²) in [6.45, 7) is 12.5. The molecule has 0 saturated heterocycles. The maximum absolute atomic E-state index is 6.44. The van der Waals surface area contributed by atoms with Gasteiger partial charge in [-0.15, -0.1) is 0 Å². The summed E-state index contributed by atoms with van der Waals surface area (Å²) in [4.78, 5) is 0. The van der Waals surface area contributed by atoms with Gasteiger partial charge in [0, 0.05) is 5.56 Å². The van der Waals surface area contributed by atoms with Crippen molar-refractivity contribution in [1.82, 2.24) is 0 Å². The third-order valence-corrected chi connectivity index (χ3v) is 4.78. The Morgan fingerprint density at radius 1 is 1.08 bits per heavy atom. The van der Waals surface area contributed by atoms with Crippen molar-refractivity contribution in [3.05, 3.63) is 72.8 Å². The largest absolute Gasteiger partial charge is 0.487 e. The fourth-order valence-corrected chi connectivity index (χ4v) is 2.70. The summed E-state index contributed by atoms with van der Waals surface area (Å²) in [5.74, 6) is 0.940. The molecular weight excluding hydrogens is 292 g/mol. The summed E-state index contributed by atoms with van der Waals surface area (Å²) in [6.07, 6.45) is 5.94. The molecular formula is C23H28O. The highest BCUT2D eigenvalue weighted by molar-refractivity contribution is 5.80. The van der Waals surface area contributed by atoms with Crippen molar-refractivity contribution in [1.29, 1.82) is 0 Å². The lowest BCUT2D eigenvalue weighted by atomic mass is 9.96. The summed E-state index contributed by atoms with van der Waals surface area (Å²) in [6, 6.07) is 16.8. The van der Waals surface area contributed by atoms with Gasteiger partial charge in [-0.2, -0.15) is 0 Å². The minimum atomic E-state index is -0.146. The third-order valence-electron chi connectivity index (χ3n) is 4.78. The van der Waals surface area contributed by atoms with E-state index in [1.54, 1.807) is 0 Å². The van der Waals surface area contributed by atoms with Gasteiger partial charge in [0.25, 0.3) is 0 Å². The number of benzene rings is 2. The van der Waals surface area contributed by atoms with Crippen LogP contribution in [-0.2, 0) is 0 Å². The zero-order valence-electron chi connectivity index (χ0n) is 15.3. The van der Waals surface area contributed by atoms with Gasteiger partial charge in [-0.25, -0.2) is 0 Å². The molecule has 2 aromatic carbocycles. The molecule has 0 bridgehead atoms. The minimum Gasteiger partial charge on any atom is -0.487 e. The van der Waals surface area contributed by atoms with E-state index in [1.165, 1.54) is 5.56 Å². The molecule has 2 rings (SSSR count). The lowest BCUT2D eigenvalue weighted by Crippen LogP contribution is -2.30. The Bertz CT molecular complexity index is 706. The maximum Gasteiger partial charge on any atom is 0.127 e. The Morgan fingerprint density at radius 3 is 2.29 bits per heavy atom. The van der Waals surface area contributed by atoms with Crippen LogP contribution in [0.25, 0.3) is 16.7 Å². The first-order chi connectivity index (χ1) is 11.6. The van der Waals surface area contributed by atoms with E-state index < -0.39 is 0 Å². The topological polar surface area (TPSA) is 9.23 Å². The Hall–Kier alpha value is -2.28.